The van der Waals surface area contributed by atoms with Crippen LogP contribution in [0.1, 0.15) is 45.6 Å². The average Bonchev–Trinajstić information content (AvgIpc) is 2.32. The molecule has 1 aliphatic rings. The molecule has 1 aromatic carbocycles. The van der Waals surface area contributed by atoms with E-state index < -0.39 is 5.54 Å². The van der Waals surface area contributed by atoms with E-state index in [-0.39, 0.29) is 5.82 Å². The molecule has 2 rings (SSSR count). The minimum absolute atomic E-state index is 0.193. The molecular formula is C16H24FN. The monoisotopic (exact) mass is 249 g/mol. The van der Waals surface area contributed by atoms with Crippen LogP contribution in [0.25, 0.3) is 0 Å². The van der Waals surface area contributed by atoms with Crippen LogP contribution in [-0.2, 0) is 5.54 Å². The molecule has 1 fully saturated rings. The third-order valence-corrected chi connectivity index (χ3v) is 4.89. The fraction of sp³-hybridized carbons (Fsp3) is 0.625. The topological polar surface area (TPSA) is 26.0 Å². The van der Waals surface area contributed by atoms with Crippen LogP contribution in [-0.4, -0.2) is 0 Å². The van der Waals surface area contributed by atoms with E-state index in [9.17, 15) is 4.39 Å². The molecule has 0 amide bonds. The second-order valence-electron chi connectivity index (χ2n) is 6.26. The first kappa shape index (κ1) is 13.5. The van der Waals surface area contributed by atoms with Crippen molar-refractivity contribution in [2.75, 3.05) is 0 Å². The van der Waals surface area contributed by atoms with Gasteiger partial charge in [0, 0.05) is 5.54 Å². The van der Waals surface area contributed by atoms with Gasteiger partial charge in [-0.05, 0) is 55.2 Å². The number of rotatable bonds is 2. The van der Waals surface area contributed by atoms with Gasteiger partial charge >= 0.3 is 0 Å². The molecular weight excluding hydrogens is 225 g/mol. The fourth-order valence-corrected chi connectivity index (χ4v) is 3.15. The normalized spacial score (nSPS) is 31.9. The van der Waals surface area contributed by atoms with E-state index in [4.69, 9.17) is 5.73 Å². The summed E-state index contributed by atoms with van der Waals surface area (Å²) in [6.07, 6.45) is 3.52. The van der Waals surface area contributed by atoms with Crippen LogP contribution in [0.15, 0.2) is 24.3 Å². The van der Waals surface area contributed by atoms with Crippen LogP contribution in [0, 0.1) is 23.6 Å². The fourth-order valence-electron chi connectivity index (χ4n) is 3.15. The molecule has 0 aliphatic heterocycles. The third-order valence-electron chi connectivity index (χ3n) is 4.89. The zero-order valence-electron chi connectivity index (χ0n) is 11.6. The van der Waals surface area contributed by atoms with E-state index in [0.29, 0.717) is 11.8 Å². The molecule has 0 bridgehead atoms. The van der Waals surface area contributed by atoms with Gasteiger partial charge in [0.1, 0.15) is 5.82 Å². The Morgan fingerprint density at radius 3 is 2.56 bits per heavy atom. The quantitative estimate of drug-likeness (QED) is 0.840. The molecule has 4 atom stereocenters. The second kappa shape index (κ2) is 5.00. The van der Waals surface area contributed by atoms with Gasteiger partial charge in [0.25, 0.3) is 0 Å². The summed E-state index contributed by atoms with van der Waals surface area (Å²) in [5.74, 6) is 1.75. The molecule has 1 aliphatic carbocycles. The van der Waals surface area contributed by atoms with Crippen LogP contribution < -0.4 is 5.73 Å². The summed E-state index contributed by atoms with van der Waals surface area (Å²) in [6.45, 7) is 6.67. The van der Waals surface area contributed by atoms with E-state index >= 15 is 0 Å². The molecule has 2 N–H and O–H groups in total. The maximum atomic E-state index is 13.3. The van der Waals surface area contributed by atoms with E-state index in [1.807, 2.05) is 6.07 Å². The Morgan fingerprint density at radius 2 is 1.94 bits per heavy atom. The van der Waals surface area contributed by atoms with Crippen molar-refractivity contribution < 1.29 is 4.39 Å². The predicted octanol–water partition coefficient (Wildman–Crippen LogP) is 4.07. The molecule has 4 unspecified atom stereocenters. The van der Waals surface area contributed by atoms with Crippen LogP contribution in [0.3, 0.4) is 0 Å². The summed E-state index contributed by atoms with van der Waals surface area (Å²) >= 11 is 0. The van der Waals surface area contributed by atoms with E-state index in [1.54, 1.807) is 12.1 Å². The molecule has 0 radical (unpaired) electrons. The standard InChI is InChI=1S/C16H24FN/c1-11-7-8-14(9-12(11)2)16(3,18)13-5-4-6-15(17)10-13/h4-6,10-12,14H,7-9,18H2,1-3H3. The van der Waals surface area contributed by atoms with Gasteiger partial charge in [-0.15, -0.1) is 0 Å². The van der Waals surface area contributed by atoms with Gasteiger partial charge in [0.05, 0.1) is 0 Å². The first-order valence-electron chi connectivity index (χ1n) is 6.96. The van der Waals surface area contributed by atoms with E-state index in [2.05, 4.69) is 20.8 Å². The SMILES string of the molecule is CC1CCC(C(C)(N)c2cccc(F)c2)CC1C. The lowest BCUT2D eigenvalue weighted by Crippen LogP contribution is -2.44. The zero-order valence-corrected chi connectivity index (χ0v) is 11.6. The Balaban J connectivity index is 2.20. The first-order chi connectivity index (χ1) is 8.41. The highest BCUT2D eigenvalue weighted by Crippen LogP contribution is 2.41. The Labute approximate surface area is 110 Å². The van der Waals surface area contributed by atoms with Gasteiger partial charge in [0.2, 0.25) is 0 Å². The van der Waals surface area contributed by atoms with Gasteiger partial charge in [-0.3, -0.25) is 0 Å². The molecule has 100 valence electrons. The molecule has 0 aromatic heterocycles. The van der Waals surface area contributed by atoms with Crippen molar-refractivity contribution >= 4 is 0 Å². The maximum Gasteiger partial charge on any atom is 0.123 e. The summed E-state index contributed by atoms with van der Waals surface area (Å²) < 4.78 is 13.3. The zero-order chi connectivity index (χ0) is 13.3. The number of halogens is 1. The highest BCUT2D eigenvalue weighted by molar-refractivity contribution is 5.25. The van der Waals surface area contributed by atoms with Crippen molar-refractivity contribution in [1.29, 1.82) is 0 Å². The molecule has 1 saturated carbocycles. The lowest BCUT2D eigenvalue weighted by atomic mass is 9.67. The summed E-state index contributed by atoms with van der Waals surface area (Å²) in [7, 11) is 0. The van der Waals surface area contributed by atoms with Gasteiger partial charge in [0.15, 0.2) is 0 Å². The third kappa shape index (κ3) is 2.59. The van der Waals surface area contributed by atoms with Gasteiger partial charge in [-0.25, -0.2) is 4.39 Å². The van der Waals surface area contributed by atoms with E-state index in [1.165, 1.54) is 12.5 Å². The molecule has 1 nitrogen and oxygen atoms in total. The minimum Gasteiger partial charge on any atom is -0.321 e. The minimum atomic E-state index is -0.420. The lowest BCUT2D eigenvalue weighted by Gasteiger charge is -2.41. The van der Waals surface area contributed by atoms with Crippen LogP contribution in [0.2, 0.25) is 0 Å². The Bertz CT molecular complexity index is 413. The smallest absolute Gasteiger partial charge is 0.123 e. The molecule has 1 aromatic rings. The predicted molar refractivity (Wildman–Crippen MR) is 73.6 cm³/mol. The van der Waals surface area contributed by atoms with Crippen molar-refractivity contribution in [1.82, 2.24) is 0 Å². The number of benzene rings is 1. The van der Waals surface area contributed by atoms with Gasteiger partial charge in [-0.2, -0.15) is 0 Å². The maximum absolute atomic E-state index is 13.3. The summed E-state index contributed by atoms with van der Waals surface area (Å²) in [5.41, 5.74) is 7.03. The van der Waals surface area contributed by atoms with Crippen LogP contribution in [0.5, 0.6) is 0 Å². The van der Waals surface area contributed by atoms with Crippen LogP contribution >= 0.6 is 0 Å². The molecule has 2 heteroatoms. The largest absolute Gasteiger partial charge is 0.321 e. The van der Waals surface area contributed by atoms with Gasteiger partial charge < -0.3 is 5.73 Å². The van der Waals surface area contributed by atoms with Crippen molar-refractivity contribution in [3.05, 3.63) is 35.6 Å². The molecule has 0 spiro atoms. The Kier molecular flexibility index (Phi) is 3.76. The Hall–Kier alpha value is -0.890. The van der Waals surface area contributed by atoms with Crippen molar-refractivity contribution in [2.24, 2.45) is 23.5 Å². The van der Waals surface area contributed by atoms with Crippen molar-refractivity contribution in [3.8, 4) is 0 Å². The van der Waals surface area contributed by atoms with Crippen molar-refractivity contribution in [3.63, 3.8) is 0 Å². The summed E-state index contributed by atoms with van der Waals surface area (Å²) in [6, 6.07) is 6.77. The first-order valence-corrected chi connectivity index (χ1v) is 6.96. The summed E-state index contributed by atoms with van der Waals surface area (Å²) in [4.78, 5) is 0. The Morgan fingerprint density at radius 1 is 1.22 bits per heavy atom. The average molecular weight is 249 g/mol. The van der Waals surface area contributed by atoms with Crippen molar-refractivity contribution in [2.45, 2.75) is 45.6 Å². The number of nitrogens with two attached hydrogens (primary N) is 1. The van der Waals surface area contributed by atoms with Gasteiger partial charge in [-0.1, -0.05) is 32.4 Å². The highest BCUT2D eigenvalue weighted by Gasteiger charge is 2.36. The van der Waals surface area contributed by atoms with E-state index in [0.717, 1.165) is 24.3 Å². The second-order valence-corrected chi connectivity index (χ2v) is 6.26. The van der Waals surface area contributed by atoms with Crippen LogP contribution in [0.4, 0.5) is 4.39 Å². The summed E-state index contributed by atoms with van der Waals surface area (Å²) in [5, 5.41) is 0. The number of hydrogen-bond donors (Lipinski definition) is 1. The molecule has 0 heterocycles. The molecule has 18 heavy (non-hydrogen) atoms. The lowest BCUT2D eigenvalue weighted by molar-refractivity contribution is 0.142. The number of hydrogen-bond acceptors (Lipinski definition) is 1. The highest BCUT2D eigenvalue weighted by atomic mass is 19.1. The molecule has 0 saturated heterocycles.